The van der Waals surface area contributed by atoms with Crippen LogP contribution in [0, 0.1) is 17.0 Å². The van der Waals surface area contributed by atoms with Gasteiger partial charge in [-0.2, -0.15) is 0 Å². The van der Waals surface area contributed by atoms with Gasteiger partial charge in [-0.3, -0.25) is 10.1 Å². The van der Waals surface area contributed by atoms with Gasteiger partial charge < -0.3 is 9.32 Å². The van der Waals surface area contributed by atoms with Gasteiger partial charge in [0.1, 0.15) is 6.26 Å². The number of piperidine rings is 1. The van der Waals surface area contributed by atoms with Crippen LogP contribution in [0.25, 0.3) is 0 Å². The zero-order valence-electron chi connectivity index (χ0n) is 16.4. The number of oxazole rings is 1. The maximum absolute atomic E-state index is 11.1. The number of nitro groups is 1. The lowest BCUT2D eigenvalue weighted by molar-refractivity contribution is -0.384. The van der Waals surface area contributed by atoms with Crippen LogP contribution in [0.4, 0.5) is 11.4 Å². The lowest BCUT2D eigenvalue weighted by atomic mass is 9.73. The summed E-state index contributed by atoms with van der Waals surface area (Å²) in [5.74, 6) is 1.01. The lowest BCUT2D eigenvalue weighted by Crippen LogP contribution is -2.41. The molecule has 3 aromatic rings. The van der Waals surface area contributed by atoms with E-state index in [2.05, 4.69) is 34.1 Å². The van der Waals surface area contributed by atoms with E-state index in [0.717, 1.165) is 49.6 Å². The van der Waals surface area contributed by atoms with Crippen LogP contribution < -0.4 is 4.90 Å². The van der Waals surface area contributed by atoms with Gasteiger partial charge in [0.05, 0.1) is 16.5 Å². The molecule has 0 N–H and O–H groups in total. The van der Waals surface area contributed by atoms with Crippen LogP contribution in [-0.2, 0) is 5.41 Å². The fourth-order valence-corrected chi connectivity index (χ4v) is 5.12. The molecule has 0 saturated carbocycles. The maximum Gasteiger partial charge on any atom is 0.271 e. The molecular weight excluding hydrogens is 366 g/mol. The second-order valence-corrected chi connectivity index (χ2v) is 8.22. The minimum absolute atomic E-state index is 0.112. The number of hydrogen-bond donors (Lipinski definition) is 0. The minimum Gasteiger partial charge on any atom is -0.448 e. The molecule has 1 aromatic heterocycles. The van der Waals surface area contributed by atoms with Crippen molar-refractivity contribution in [1.82, 2.24) is 4.98 Å². The number of fused-ring (bicyclic) bond motifs is 2. The number of aryl methyl sites for hydroxylation is 1. The Morgan fingerprint density at radius 2 is 1.97 bits per heavy atom. The van der Waals surface area contributed by atoms with E-state index in [1.165, 1.54) is 11.1 Å². The molecule has 29 heavy (non-hydrogen) atoms. The normalized spacial score (nSPS) is 20.0. The van der Waals surface area contributed by atoms with E-state index in [4.69, 9.17) is 4.42 Å². The van der Waals surface area contributed by atoms with Crippen molar-refractivity contribution >= 4 is 11.4 Å². The number of aromatic nitrogens is 1. The summed E-state index contributed by atoms with van der Waals surface area (Å²) in [5.41, 5.74) is 4.85. The van der Waals surface area contributed by atoms with Crippen LogP contribution in [0.3, 0.4) is 0 Å². The first-order chi connectivity index (χ1) is 14.1. The predicted octanol–water partition coefficient (Wildman–Crippen LogP) is 4.97. The van der Waals surface area contributed by atoms with Crippen LogP contribution in [0.1, 0.15) is 47.9 Å². The highest BCUT2D eigenvalue weighted by Crippen LogP contribution is 2.53. The highest BCUT2D eigenvalue weighted by Gasteiger charge is 2.47. The zero-order valence-corrected chi connectivity index (χ0v) is 16.4. The molecule has 1 spiro atoms. The summed E-state index contributed by atoms with van der Waals surface area (Å²) < 4.78 is 5.78. The zero-order chi connectivity index (χ0) is 20.0. The second kappa shape index (κ2) is 6.72. The van der Waals surface area contributed by atoms with Gasteiger partial charge in [0, 0.05) is 36.3 Å². The monoisotopic (exact) mass is 389 g/mol. The standard InChI is InChI=1S/C23H23N3O3/c1-16-15-29-22(24-16)20-14-23(21-8-3-2-7-19(20)21)9-11-25(12-10-23)17-5-4-6-18(13-17)26(27)28/h2-8,13,15,20H,9-12,14H2,1H3/t20-/m0/s1. The Morgan fingerprint density at radius 3 is 2.69 bits per heavy atom. The van der Waals surface area contributed by atoms with E-state index in [1.807, 2.05) is 13.0 Å². The third-order valence-corrected chi connectivity index (χ3v) is 6.56. The molecule has 2 heterocycles. The molecule has 6 nitrogen and oxygen atoms in total. The van der Waals surface area contributed by atoms with Gasteiger partial charge in [-0.25, -0.2) is 4.98 Å². The molecule has 1 aliphatic carbocycles. The van der Waals surface area contributed by atoms with Gasteiger partial charge >= 0.3 is 0 Å². The van der Waals surface area contributed by atoms with Crippen molar-refractivity contribution in [2.24, 2.45) is 0 Å². The summed E-state index contributed by atoms with van der Waals surface area (Å²) in [4.78, 5) is 17.7. The Hall–Kier alpha value is -3.15. The van der Waals surface area contributed by atoms with Crippen molar-refractivity contribution in [2.45, 2.75) is 37.5 Å². The summed E-state index contributed by atoms with van der Waals surface area (Å²) in [6.07, 6.45) is 4.77. The summed E-state index contributed by atoms with van der Waals surface area (Å²) in [5, 5.41) is 11.1. The lowest BCUT2D eigenvalue weighted by Gasteiger charge is -2.41. The highest BCUT2D eigenvalue weighted by atomic mass is 16.6. The van der Waals surface area contributed by atoms with Crippen molar-refractivity contribution in [3.63, 3.8) is 0 Å². The van der Waals surface area contributed by atoms with Crippen molar-refractivity contribution in [3.8, 4) is 0 Å². The SMILES string of the molecule is Cc1coc([C@H]2CC3(CCN(c4cccc([N+](=O)[O-])c4)CC3)c3ccccc32)n1. The molecule has 0 amide bonds. The summed E-state index contributed by atoms with van der Waals surface area (Å²) >= 11 is 0. The molecule has 0 unspecified atom stereocenters. The molecule has 1 aliphatic heterocycles. The summed E-state index contributed by atoms with van der Waals surface area (Å²) in [6.45, 7) is 3.72. The molecule has 1 fully saturated rings. The van der Waals surface area contributed by atoms with Crippen LogP contribution in [-0.4, -0.2) is 23.0 Å². The average Bonchev–Trinajstić information content (AvgIpc) is 3.31. The number of nitro benzene ring substituents is 1. The highest BCUT2D eigenvalue weighted by molar-refractivity contribution is 5.54. The molecule has 2 aromatic carbocycles. The first kappa shape index (κ1) is 17.9. The third-order valence-electron chi connectivity index (χ3n) is 6.56. The van der Waals surface area contributed by atoms with E-state index in [-0.39, 0.29) is 21.9 Å². The minimum atomic E-state index is -0.328. The number of rotatable bonds is 3. The second-order valence-electron chi connectivity index (χ2n) is 8.22. The summed E-state index contributed by atoms with van der Waals surface area (Å²) in [7, 11) is 0. The molecule has 1 saturated heterocycles. The van der Waals surface area contributed by atoms with Gasteiger partial charge in [-0.15, -0.1) is 0 Å². The average molecular weight is 389 g/mol. The van der Waals surface area contributed by atoms with Crippen LogP contribution >= 0.6 is 0 Å². The fourth-order valence-electron chi connectivity index (χ4n) is 5.12. The quantitative estimate of drug-likeness (QED) is 0.467. The van der Waals surface area contributed by atoms with E-state index in [1.54, 1.807) is 24.5 Å². The van der Waals surface area contributed by atoms with Crippen LogP contribution in [0.2, 0.25) is 0 Å². The molecule has 0 radical (unpaired) electrons. The third kappa shape index (κ3) is 2.99. The largest absolute Gasteiger partial charge is 0.448 e. The first-order valence-electron chi connectivity index (χ1n) is 10.1. The Kier molecular flexibility index (Phi) is 4.15. The van der Waals surface area contributed by atoms with E-state index in [0.29, 0.717) is 0 Å². The van der Waals surface area contributed by atoms with Crippen molar-refractivity contribution in [1.29, 1.82) is 0 Å². The molecule has 148 valence electrons. The van der Waals surface area contributed by atoms with Crippen LogP contribution in [0.15, 0.2) is 59.2 Å². The predicted molar refractivity (Wildman–Crippen MR) is 110 cm³/mol. The molecule has 0 bridgehead atoms. The van der Waals surface area contributed by atoms with Gasteiger partial charge in [0.15, 0.2) is 0 Å². The summed E-state index contributed by atoms with van der Waals surface area (Å²) in [6, 6.07) is 15.6. The smallest absolute Gasteiger partial charge is 0.271 e. The number of hydrogen-bond acceptors (Lipinski definition) is 5. The van der Waals surface area contributed by atoms with E-state index in [9.17, 15) is 10.1 Å². The fraction of sp³-hybridized carbons (Fsp3) is 0.348. The van der Waals surface area contributed by atoms with Crippen molar-refractivity contribution < 1.29 is 9.34 Å². The van der Waals surface area contributed by atoms with Crippen molar-refractivity contribution in [2.75, 3.05) is 18.0 Å². The molecule has 1 atom stereocenters. The number of nitrogens with zero attached hydrogens (tertiary/aromatic N) is 3. The van der Waals surface area contributed by atoms with E-state index >= 15 is 0 Å². The number of benzene rings is 2. The van der Waals surface area contributed by atoms with Crippen LogP contribution in [0.5, 0.6) is 0 Å². The number of anilines is 1. The topological polar surface area (TPSA) is 72.4 Å². The number of non-ortho nitro benzene ring substituents is 1. The molecule has 6 heteroatoms. The molecule has 5 rings (SSSR count). The van der Waals surface area contributed by atoms with Gasteiger partial charge in [-0.05, 0) is 43.4 Å². The van der Waals surface area contributed by atoms with Gasteiger partial charge in [0.2, 0.25) is 5.89 Å². The Bertz CT molecular complexity index is 1070. The Morgan fingerprint density at radius 1 is 1.17 bits per heavy atom. The Balaban J connectivity index is 1.42. The van der Waals surface area contributed by atoms with Crippen molar-refractivity contribution in [3.05, 3.63) is 87.6 Å². The molecule has 2 aliphatic rings. The van der Waals surface area contributed by atoms with E-state index < -0.39 is 0 Å². The van der Waals surface area contributed by atoms with Gasteiger partial charge in [-0.1, -0.05) is 30.3 Å². The molecular formula is C23H23N3O3. The first-order valence-corrected chi connectivity index (χ1v) is 10.1. The Labute approximate surface area is 169 Å². The van der Waals surface area contributed by atoms with Gasteiger partial charge in [0.25, 0.3) is 5.69 Å². The maximum atomic E-state index is 11.1.